The average molecular weight is 380 g/mol. The van der Waals surface area contributed by atoms with E-state index in [1.807, 2.05) is 26.2 Å². The summed E-state index contributed by atoms with van der Waals surface area (Å²) in [6, 6.07) is 8.86. The highest BCUT2D eigenvalue weighted by Gasteiger charge is 2.29. The number of rotatable bonds is 2. The molecular weight excluding hydrogens is 364 g/mol. The molecule has 9 heteroatoms. The molecule has 0 radical (unpaired) electrons. The number of thiocarbonyl (C=S) groups is 1. The average Bonchev–Trinajstić information content (AvgIpc) is 2.98. The van der Waals surface area contributed by atoms with Crippen LogP contribution in [0.25, 0.3) is 16.7 Å². The Labute approximate surface area is 160 Å². The van der Waals surface area contributed by atoms with E-state index < -0.39 is 0 Å². The van der Waals surface area contributed by atoms with E-state index in [1.165, 1.54) is 4.57 Å². The number of pyridine rings is 1. The van der Waals surface area contributed by atoms with Crippen LogP contribution in [0.2, 0.25) is 0 Å². The Morgan fingerprint density at radius 3 is 2.89 bits per heavy atom. The number of methoxy groups -OCH3 is 1. The number of hydrogen-bond donors (Lipinski definition) is 1. The largest absolute Gasteiger partial charge is 0.497 e. The van der Waals surface area contributed by atoms with E-state index in [9.17, 15) is 4.79 Å². The molecule has 27 heavy (non-hydrogen) atoms. The molecule has 0 fully saturated rings. The third-order valence-corrected chi connectivity index (χ3v) is 4.68. The van der Waals surface area contributed by atoms with Gasteiger partial charge in [0.2, 0.25) is 0 Å². The highest BCUT2D eigenvalue weighted by molar-refractivity contribution is 7.80. The van der Waals surface area contributed by atoms with Crippen molar-refractivity contribution in [1.82, 2.24) is 24.9 Å². The van der Waals surface area contributed by atoms with Crippen molar-refractivity contribution in [2.75, 3.05) is 21.2 Å². The van der Waals surface area contributed by atoms with E-state index in [0.29, 0.717) is 39.1 Å². The van der Waals surface area contributed by atoms with Crippen LogP contribution in [-0.4, -0.2) is 51.5 Å². The van der Waals surface area contributed by atoms with Gasteiger partial charge in [-0.1, -0.05) is 0 Å². The maximum Gasteiger partial charge on any atom is 0.267 e. The van der Waals surface area contributed by atoms with Gasteiger partial charge in [0, 0.05) is 25.9 Å². The summed E-state index contributed by atoms with van der Waals surface area (Å²) in [6.07, 6.45) is 1.60. The van der Waals surface area contributed by atoms with Crippen LogP contribution in [0.3, 0.4) is 0 Å². The number of hydrogen-bond acceptors (Lipinski definition) is 6. The van der Waals surface area contributed by atoms with Gasteiger partial charge in [0.1, 0.15) is 11.5 Å². The van der Waals surface area contributed by atoms with Gasteiger partial charge in [0.05, 0.1) is 18.2 Å². The Kier molecular flexibility index (Phi) is 4.08. The highest BCUT2D eigenvalue weighted by Crippen LogP contribution is 2.29. The first-order chi connectivity index (χ1) is 13.0. The molecule has 1 aliphatic rings. The third-order valence-electron chi connectivity index (χ3n) is 4.22. The topological polar surface area (TPSA) is 84.6 Å². The minimum atomic E-state index is -0.199. The molecule has 0 aliphatic carbocycles. The van der Waals surface area contributed by atoms with Crippen molar-refractivity contribution < 1.29 is 4.74 Å². The molecule has 136 valence electrons. The first-order valence-electron chi connectivity index (χ1n) is 8.13. The molecular formula is C18H16N6O2S. The smallest absolute Gasteiger partial charge is 0.267 e. The standard InChI is InChI=1S/C18H16N6O2S/c1-23(2)18(27)22-21-14-12-9-10(26-3)6-7-13(12)24-16(14)20-15-11(17(24)25)5-4-8-19-15/h4-9H,1-3H3,(H,22,27). The van der Waals surface area contributed by atoms with E-state index in [2.05, 4.69) is 20.5 Å². The second-order valence-corrected chi connectivity index (χ2v) is 6.49. The predicted octanol–water partition coefficient (Wildman–Crippen LogP) is 1.29. The van der Waals surface area contributed by atoms with Gasteiger partial charge in [-0.3, -0.25) is 14.8 Å². The number of fused-ring (bicyclic) bond motifs is 4. The van der Waals surface area contributed by atoms with Crippen molar-refractivity contribution in [1.29, 1.82) is 0 Å². The van der Waals surface area contributed by atoms with Gasteiger partial charge >= 0.3 is 0 Å². The molecule has 8 nitrogen and oxygen atoms in total. The van der Waals surface area contributed by atoms with Crippen LogP contribution in [0.15, 0.2) is 46.4 Å². The van der Waals surface area contributed by atoms with Crippen LogP contribution in [0, 0.1) is 0 Å². The quantitative estimate of drug-likeness (QED) is 0.414. The van der Waals surface area contributed by atoms with Gasteiger partial charge in [-0.05, 0) is 42.5 Å². The lowest BCUT2D eigenvalue weighted by Gasteiger charge is -2.12. The number of ether oxygens (including phenoxy) is 1. The van der Waals surface area contributed by atoms with E-state index in [0.717, 1.165) is 5.56 Å². The van der Waals surface area contributed by atoms with Crippen molar-refractivity contribution in [2.45, 2.75) is 0 Å². The summed E-state index contributed by atoms with van der Waals surface area (Å²) in [5.74, 6) is 1.06. The minimum absolute atomic E-state index is 0.199. The fourth-order valence-electron chi connectivity index (χ4n) is 2.86. The molecule has 0 spiro atoms. The molecule has 1 aromatic carbocycles. The maximum absolute atomic E-state index is 13.1. The summed E-state index contributed by atoms with van der Waals surface area (Å²) in [7, 11) is 5.22. The van der Waals surface area contributed by atoms with Crippen molar-refractivity contribution >= 4 is 34.1 Å². The minimum Gasteiger partial charge on any atom is -0.497 e. The summed E-state index contributed by atoms with van der Waals surface area (Å²) in [5, 5.41) is 5.31. The number of benzene rings is 1. The Hall–Kier alpha value is -3.33. The van der Waals surface area contributed by atoms with Crippen molar-refractivity contribution in [3.05, 3.63) is 58.3 Å². The molecule has 3 heterocycles. The van der Waals surface area contributed by atoms with Crippen molar-refractivity contribution in [2.24, 2.45) is 5.10 Å². The monoisotopic (exact) mass is 380 g/mol. The number of nitrogens with zero attached hydrogens (tertiary/aromatic N) is 5. The van der Waals surface area contributed by atoms with E-state index in [1.54, 1.807) is 36.4 Å². The Bertz CT molecular complexity index is 1170. The van der Waals surface area contributed by atoms with Gasteiger partial charge in [-0.25, -0.2) is 9.97 Å². The third kappa shape index (κ3) is 2.72. The molecule has 0 amide bonds. The van der Waals surface area contributed by atoms with Crippen LogP contribution in [0.5, 0.6) is 5.75 Å². The highest BCUT2D eigenvalue weighted by atomic mass is 32.1. The van der Waals surface area contributed by atoms with E-state index in [-0.39, 0.29) is 5.56 Å². The normalized spacial score (nSPS) is 13.4. The van der Waals surface area contributed by atoms with Crippen LogP contribution in [0.4, 0.5) is 0 Å². The molecule has 4 rings (SSSR count). The van der Waals surface area contributed by atoms with Gasteiger partial charge in [-0.2, -0.15) is 5.10 Å². The molecule has 3 aromatic rings. The molecule has 2 aromatic heterocycles. The second-order valence-electron chi connectivity index (χ2n) is 6.11. The van der Waals surface area contributed by atoms with Crippen LogP contribution >= 0.6 is 12.2 Å². The van der Waals surface area contributed by atoms with Gasteiger partial charge in [-0.15, -0.1) is 0 Å². The Morgan fingerprint density at radius 1 is 1.33 bits per heavy atom. The lowest BCUT2D eigenvalue weighted by molar-refractivity contribution is 0.414. The summed E-state index contributed by atoms with van der Waals surface area (Å²) in [4.78, 5) is 23.6. The van der Waals surface area contributed by atoms with E-state index >= 15 is 0 Å². The molecule has 1 N–H and O–H groups in total. The Morgan fingerprint density at radius 2 is 2.15 bits per heavy atom. The summed E-state index contributed by atoms with van der Waals surface area (Å²) >= 11 is 5.24. The maximum atomic E-state index is 13.1. The zero-order chi connectivity index (χ0) is 19.1. The van der Waals surface area contributed by atoms with Gasteiger partial charge in [0.15, 0.2) is 16.6 Å². The lowest BCUT2D eigenvalue weighted by atomic mass is 10.1. The molecule has 1 aliphatic heterocycles. The lowest BCUT2D eigenvalue weighted by Crippen LogP contribution is -2.32. The van der Waals surface area contributed by atoms with Gasteiger partial charge < -0.3 is 9.64 Å². The van der Waals surface area contributed by atoms with Gasteiger partial charge in [0.25, 0.3) is 5.56 Å². The molecule has 0 unspecified atom stereocenters. The SMILES string of the molecule is COc1ccc2c(c1)C(=NNC(=S)N(C)C)c1nc3ncccc3c(=O)n1-2. The molecule has 0 saturated heterocycles. The second kappa shape index (κ2) is 6.44. The van der Waals surface area contributed by atoms with Crippen molar-refractivity contribution in [3.63, 3.8) is 0 Å². The fourth-order valence-corrected chi connectivity index (χ4v) is 2.91. The number of aromatic nitrogens is 3. The number of hydrazone groups is 1. The van der Waals surface area contributed by atoms with E-state index in [4.69, 9.17) is 17.0 Å². The van der Waals surface area contributed by atoms with Crippen LogP contribution < -0.4 is 15.7 Å². The van der Waals surface area contributed by atoms with Crippen LogP contribution in [0.1, 0.15) is 11.4 Å². The van der Waals surface area contributed by atoms with Crippen LogP contribution in [-0.2, 0) is 0 Å². The zero-order valence-electron chi connectivity index (χ0n) is 14.9. The fraction of sp³-hybridized carbons (Fsp3) is 0.167. The van der Waals surface area contributed by atoms with Crippen molar-refractivity contribution in [3.8, 4) is 11.4 Å². The molecule has 0 atom stereocenters. The first kappa shape index (κ1) is 17.1. The molecule has 0 bridgehead atoms. The Balaban J connectivity index is 1.99. The first-order valence-corrected chi connectivity index (χ1v) is 8.54. The molecule has 0 saturated carbocycles. The summed E-state index contributed by atoms with van der Waals surface area (Å²) in [5.41, 5.74) is 4.92. The zero-order valence-corrected chi connectivity index (χ0v) is 15.7. The summed E-state index contributed by atoms with van der Waals surface area (Å²) in [6.45, 7) is 0. The summed E-state index contributed by atoms with van der Waals surface area (Å²) < 4.78 is 6.87. The predicted molar refractivity (Wildman–Crippen MR) is 107 cm³/mol. The number of nitrogens with one attached hydrogen (secondary N) is 1.